The Hall–Kier alpha value is -4.13. The second-order valence-electron chi connectivity index (χ2n) is 8.22. The lowest BCUT2D eigenvalue weighted by Gasteiger charge is -2.36. The summed E-state index contributed by atoms with van der Waals surface area (Å²) in [7, 11) is 0. The van der Waals surface area contributed by atoms with Crippen LogP contribution in [0.5, 0.6) is 0 Å². The third kappa shape index (κ3) is 8.62. The molecule has 0 atom stereocenters. The number of carboxylic acid groups (broad SMARTS) is 2. The Bertz CT molecular complexity index is 1030. The molecule has 4 rings (SSSR count). The highest BCUT2D eigenvalue weighted by molar-refractivity contribution is 5.89. The van der Waals surface area contributed by atoms with Crippen molar-refractivity contribution in [2.24, 2.45) is 10.9 Å². The number of aliphatic imine (C=N–C) groups is 1. The first kappa shape index (κ1) is 25.5. The molecule has 35 heavy (non-hydrogen) atoms. The van der Waals surface area contributed by atoms with Crippen molar-refractivity contribution < 1.29 is 24.2 Å². The van der Waals surface area contributed by atoms with Crippen molar-refractivity contribution in [1.82, 2.24) is 4.90 Å². The minimum absolute atomic E-state index is 0.467. The molecule has 0 saturated carbocycles. The van der Waals surface area contributed by atoms with E-state index in [2.05, 4.69) is 70.6 Å². The normalized spacial score (nSPS) is 14.3. The monoisotopic (exact) mass is 474 g/mol. The number of carbonyl (C=O) groups is 2. The standard InChI is InChI=1S/C24H26N2O.C4H4O4/c1-3-8-20(9-4-1)24(21-10-5-2-6-11-21)22-13-15-26(16-14-22)19-25-18-23-12-7-17-27-23;5-3(6)1-2-4(7)8/h1-12,17,19,22,24H,13-16,18H2;1-2H,(H,5,6)(H,7,8)/b;2-1+. The van der Waals surface area contributed by atoms with Crippen molar-refractivity contribution in [3.63, 3.8) is 0 Å². The topological polar surface area (TPSA) is 103 Å². The largest absolute Gasteiger partial charge is 0.478 e. The predicted molar refractivity (Wildman–Crippen MR) is 134 cm³/mol. The Morgan fingerprint density at radius 2 is 1.43 bits per heavy atom. The minimum atomic E-state index is -1.26. The van der Waals surface area contributed by atoms with E-state index in [1.54, 1.807) is 6.26 Å². The van der Waals surface area contributed by atoms with Crippen molar-refractivity contribution in [2.75, 3.05) is 13.1 Å². The van der Waals surface area contributed by atoms with Gasteiger partial charge in [0.1, 0.15) is 5.76 Å². The van der Waals surface area contributed by atoms with Gasteiger partial charge in [0.25, 0.3) is 0 Å². The Labute approximate surface area is 205 Å². The fraction of sp³-hybridized carbons (Fsp3) is 0.250. The van der Waals surface area contributed by atoms with Gasteiger partial charge in [0.2, 0.25) is 0 Å². The fourth-order valence-corrected chi connectivity index (χ4v) is 4.22. The van der Waals surface area contributed by atoms with Gasteiger partial charge in [-0.3, -0.25) is 4.99 Å². The third-order valence-corrected chi connectivity index (χ3v) is 5.80. The maximum atomic E-state index is 9.55. The van der Waals surface area contributed by atoms with Gasteiger partial charge >= 0.3 is 11.9 Å². The average Bonchev–Trinajstić information content (AvgIpc) is 3.39. The molecule has 3 aromatic rings. The Morgan fingerprint density at radius 1 is 0.886 bits per heavy atom. The summed E-state index contributed by atoms with van der Waals surface area (Å²) in [6.45, 7) is 2.73. The molecule has 0 bridgehead atoms. The summed E-state index contributed by atoms with van der Waals surface area (Å²) in [6, 6.07) is 25.8. The van der Waals surface area contributed by atoms with Crippen LogP contribution >= 0.6 is 0 Å². The average molecular weight is 475 g/mol. The third-order valence-electron chi connectivity index (χ3n) is 5.80. The molecule has 182 valence electrons. The molecule has 2 heterocycles. The van der Waals surface area contributed by atoms with Gasteiger partial charge in [-0.15, -0.1) is 0 Å². The van der Waals surface area contributed by atoms with E-state index in [-0.39, 0.29) is 0 Å². The molecular formula is C28H30N2O5. The van der Waals surface area contributed by atoms with Crippen molar-refractivity contribution in [2.45, 2.75) is 25.3 Å². The van der Waals surface area contributed by atoms with Crippen LogP contribution in [-0.2, 0) is 16.1 Å². The second kappa shape index (κ2) is 13.5. The SMILES string of the molecule is C(=NCc1ccco1)N1CCC(C(c2ccccc2)c2ccccc2)CC1.O=C(O)/C=C/C(=O)O. The maximum Gasteiger partial charge on any atom is 0.328 e. The summed E-state index contributed by atoms with van der Waals surface area (Å²) in [4.78, 5) is 26.0. The van der Waals surface area contributed by atoms with E-state index in [4.69, 9.17) is 14.6 Å². The molecular weight excluding hydrogens is 444 g/mol. The zero-order valence-electron chi connectivity index (χ0n) is 19.4. The van der Waals surface area contributed by atoms with Crippen LogP contribution in [0.25, 0.3) is 0 Å². The van der Waals surface area contributed by atoms with Gasteiger partial charge < -0.3 is 19.5 Å². The van der Waals surface area contributed by atoms with Crippen molar-refractivity contribution >= 4 is 18.3 Å². The van der Waals surface area contributed by atoms with Crippen molar-refractivity contribution in [3.8, 4) is 0 Å². The zero-order valence-corrected chi connectivity index (χ0v) is 19.4. The van der Waals surface area contributed by atoms with E-state index < -0.39 is 11.9 Å². The number of hydrogen-bond donors (Lipinski definition) is 2. The smallest absolute Gasteiger partial charge is 0.328 e. The molecule has 0 aliphatic carbocycles. The van der Waals surface area contributed by atoms with E-state index in [0.717, 1.165) is 18.8 Å². The summed E-state index contributed by atoms with van der Waals surface area (Å²) >= 11 is 0. The molecule has 1 fully saturated rings. The van der Waals surface area contributed by atoms with Gasteiger partial charge in [0, 0.05) is 31.2 Å². The number of likely N-dealkylation sites (tertiary alicyclic amines) is 1. The van der Waals surface area contributed by atoms with Gasteiger partial charge in [0.05, 0.1) is 19.1 Å². The van der Waals surface area contributed by atoms with Crippen LogP contribution in [0.4, 0.5) is 0 Å². The van der Waals surface area contributed by atoms with E-state index in [1.807, 2.05) is 18.5 Å². The number of aliphatic carboxylic acids is 2. The van der Waals surface area contributed by atoms with Gasteiger partial charge in [-0.2, -0.15) is 0 Å². The molecule has 0 spiro atoms. The molecule has 2 aromatic carbocycles. The molecule has 0 unspecified atom stereocenters. The lowest BCUT2D eigenvalue weighted by atomic mass is 9.76. The second-order valence-corrected chi connectivity index (χ2v) is 8.22. The minimum Gasteiger partial charge on any atom is -0.478 e. The molecule has 1 aliphatic heterocycles. The lowest BCUT2D eigenvalue weighted by Crippen LogP contribution is -2.35. The Kier molecular flexibility index (Phi) is 9.87. The van der Waals surface area contributed by atoms with Gasteiger partial charge in [-0.25, -0.2) is 9.59 Å². The molecule has 1 aromatic heterocycles. The van der Waals surface area contributed by atoms with Crippen LogP contribution in [0.2, 0.25) is 0 Å². The quantitative estimate of drug-likeness (QED) is 0.269. The van der Waals surface area contributed by atoms with Crippen molar-refractivity contribution in [3.05, 3.63) is 108 Å². The van der Waals surface area contributed by atoms with E-state index in [9.17, 15) is 9.59 Å². The lowest BCUT2D eigenvalue weighted by molar-refractivity contribution is -0.134. The number of hydrogen-bond acceptors (Lipinski definition) is 4. The van der Waals surface area contributed by atoms with Crippen LogP contribution in [-0.4, -0.2) is 46.5 Å². The zero-order chi connectivity index (χ0) is 24.9. The summed E-state index contributed by atoms with van der Waals surface area (Å²) in [5.74, 6) is -0.478. The summed E-state index contributed by atoms with van der Waals surface area (Å²) in [6.07, 6.45) is 7.18. The maximum absolute atomic E-state index is 9.55. The van der Waals surface area contributed by atoms with Crippen LogP contribution in [0.3, 0.4) is 0 Å². The van der Waals surface area contributed by atoms with E-state index in [0.29, 0.717) is 30.5 Å². The number of carboxylic acids is 2. The number of piperidine rings is 1. The Morgan fingerprint density at radius 3 is 1.89 bits per heavy atom. The summed E-state index contributed by atoms with van der Waals surface area (Å²) in [5.41, 5.74) is 2.85. The van der Waals surface area contributed by atoms with Gasteiger partial charge in [-0.05, 0) is 42.0 Å². The van der Waals surface area contributed by atoms with Crippen LogP contribution < -0.4 is 0 Å². The number of furan rings is 1. The summed E-state index contributed by atoms with van der Waals surface area (Å²) in [5, 5.41) is 15.6. The first-order chi connectivity index (χ1) is 17.0. The molecule has 7 nitrogen and oxygen atoms in total. The first-order valence-electron chi connectivity index (χ1n) is 11.5. The molecule has 0 amide bonds. The number of benzene rings is 2. The highest BCUT2D eigenvalue weighted by Gasteiger charge is 2.28. The molecule has 1 aliphatic rings. The van der Waals surface area contributed by atoms with Crippen LogP contribution in [0.15, 0.2) is 101 Å². The van der Waals surface area contributed by atoms with Gasteiger partial charge in [0.15, 0.2) is 0 Å². The predicted octanol–water partition coefficient (Wildman–Crippen LogP) is 5.06. The highest BCUT2D eigenvalue weighted by Crippen LogP contribution is 2.37. The van der Waals surface area contributed by atoms with Gasteiger partial charge in [-0.1, -0.05) is 60.7 Å². The molecule has 2 N–H and O–H groups in total. The highest BCUT2D eigenvalue weighted by atomic mass is 16.4. The molecule has 7 heteroatoms. The summed E-state index contributed by atoms with van der Waals surface area (Å²) < 4.78 is 5.34. The van der Waals surface area contributed by atoms with E-state index in [1.165, 1.54) is 24.0 Å². The van der Waals surface area contributed by atoms with Crippen molar-refractivity contribution in [1.29, 1.82) is 0 Å². The van der Waals surface area contributed by atoms with Crippen LogP contribution in [0, 0.1) is 5.92 Å². The number of nitrogens with zero attached hydrogens (tertiary/aromatic N) is 2. The van der Waals surface area contributed by atoms with Crippen LogP contribution in [0.1, 0.15) is 35.6 Å². The van der Waals surface area contributed by atoms with E-state index >= 15 is 0 Å². The molecule has 1 saturated heterocycles. The number of rotatable bonds is 8. The molecule has 0 radical (unpaired) electrons. The first-order valence-corrected chi connectivity index (χ1v) is 11.5. The fourth-order valence-electron chi connectivity index (χ4n) is 4.22. The Balaban J connectivity index is 0.000000371.